The third-order valence-electron chi connectivity index (χ3n) is 4.80. The predicted molar refractivity (Wildman–Crippen MR) is 110 cm³/mol. The van der Waals surface area contributed by atoms with Crippen molar-refractivity contribution < 1.29 is 19.0 Å². The lowest BCUT2D eigenvalue weighted by atomic mass is 10.1. The summed E-state index contributed by atoms with van der Waals surface area (Å²) in [6, 6.07) is 9.15. The third kappa shape index (κ3) is 3.97. The molecule has 1 fully saturated rings. The molecule has 0 atom stereocenters. The van der Waals surface area contributed by atoms with Crippen molar-refractivity contribution in [1.29, 1.82) is 0 Å². The Kier molecular flexibility index (Phi) is 5.53. The molecular weight excluding hydrogens is 372 g/mol. The van der Waals surface area contributed by atoms with Crippen molar-refractivity contribution >= 4 is 28.4 Å². The first-order valence-electron chi connectivity index (χ1n) is 9.62. The van der Waals surface area contributed by atoms with E-state index in [2.05, 4.69) is 15.3 Å². The van der Waals surface area contributed by atoms with Gasteiger partial charge in [-0.3, -0.25) is 4.79 Å². The number of pyridine rings is 1. The molecule has 1 amide bonds. The quantitative estimate of drug-likeness (QED) is 0.665. The van der Waals surface area contributed by atoms with Crippen LogP contribution >= 0.6 is 0 Å². The van der Waals surface area contributed by atoms with E-state index in [9.17, 15) is 4.79 Å². The molecule has 0 bridgehead atoms. The lowest BCUT2D eigenvalue weighted by Crippen LogP contribution is -2.40. The average molecular weight is 396 g/mol. The first-order valence-corrected chi connectivity index (χ1v) is 9.62. The molecule has 0 saturated carbocycles. The van der Waals surface area contributed by atoms with Gasteiger partial charge in [0.1, 0.15) is 23.0 Å². The summed E-state index contributed by atoms with van der Waals surface area (Å²) in [6.07, 6.45) is 1.83. The van der Waals surface area contributed by atoms with Gasteiger partial charge in [0, 0.05) is 30.9 Å². The molecule has 8 heteroatoms. The highest BCUT2D eigenvalue weighted by Crippen LogP contribution is 2.32. The second-order valence-corrected chi connectivity index (χ2v) is 6.62. The molecule has 4 rings (SSSR count). The molecular formula is C21H24N4O4. The number of carbonyl (C=O) groups excluding carboxylic acids is 1. The largest absolute Gasteiger partial charge is 0.495 e. The fourth-order valence-electron chi connectivity index (χ4n) is 3.36. The van der Waals surface area contributed by atoms with E-state index in [-0.39, 0.29) is 5.91 Å². The number of anilines is 2. The van der Waals surface area contributed by atoms with Crippen molar-refractivity contribution in [3.63, 3.8) is 0 Å². The molecule has 3 heterocycles. The zero-order chi connectivity index (χ0) is 20.2. The van der Waals surface area contributed by atoms with E-state index in [1.807, 2.05) is 31.3 Å². The second kappa shape index (κ2) is 8.40. The molecule has 1 saturated heterocycles. The molecule has 0 spiro atoms. The van der Waals surface area contributed by atoms with Crippen molar-refractivity contribution in [2.45, 2.75) is 6.92 Å². The number of nitrogens with one attached hydrogen (secondary N) is 2. The number of benzene rings is 1. The summed E-state index contributed by atoms with van der Waals surface area (Å²) in [5, 5.41) is 4.20. The van der Waals surface area contributed by atoms with Crippen LogP contribution in [0.5, 0.6) is 11.5 Å². The summed E-state index contributed by atoms with van der Waals surface area (Å²) in [7, 11) is 1.58. The van der Waals surface area contributed by atoms with Gasteiger partial charge in [0.2, 0.25) is 0 Å². The number of methoxy groups -OCH3 is 1. The highest BCUT2D eigenvalue weighted by molar-refractivity contribution is 5.95. The fraction of sp³-hybridized carbons (Fsp3) is 0.333. The van der Waals surface area contributed by atoms with E-state index in [0.29, 0.717) is 55.7 Å². The Morgan fingerprint density at radius 3 is 2.83 bits per heavy atom. The number of amides is 1. The molecule has 29 heavy (non-hydrogen) atoms. The lowest BCUT2D eigenvalue weighted by molar-refractivity contribution is 0.0302. The van der Waals surface area contributed by atoms with E-state index in [1.165, 1.54) is 0 Å². The van der Waals surface area contributed by atoms with Crippen molar-refractivity contribution in [2.24, 2.45) is 0 Å². The molecule has 1 aliphatic heterocycles. The standard InChI is InChI=1S/C21H24N4O4/c1-3-29-17-13-19(24-20-15(17)6-7-22-20)23-16-5-4-14(12-18(16)27-2)21(26)25-8-10-28-11-9-25/h4-7,12-13H,3,8-11H2,1-2H3,(H2,22,23,24). The zero-order valence-electron chi connectivity index (χ0n) is 16.5. The zero-order valence-corrected chi connectivity index (χ0v) is 16.5. The molecule has 0 radical (unpaired) electrons. The van der Waals surface area contributed by atoms with Crippen LogP contribution in [-0.4, -0.2) is 60.8 Å². The minimum atomic E-state index is -0.0253. The number of H-pyrrole nitrogens is 1. The number of morpholine rings is 1. The molecule has 3 aromatic rings. The highest BCUT2D eigenvalue weighted by atomic mass is 16.5. The number of ether oxygens (including phenoxy) is 3. The first-order chi connectivity index (χ1) is 14.2. The van der Waals surface area contributed by atoms with Crippen LogP contribution in [-0.2, 0) is 4.74 Å². The number of fused-ring (bicyclic) bond motifs is 1. The van der Waals surface area contributed by atoms with Crippen LogP contribution in [0.25, 0.3) is 11.0 Å². The average Bonchev–Trinajstić information content (AvgIpc) is 3.23. The van der Waals surface area contributed by atoms with E-state index in [1.54, 1.807) is 24.1 Å². The van der Waals surface area contributed by atoms with Gasteiger partial charge in [0.05, 0.1) is 38.0 Å². The number of hydrogen-bond acceptors (Lipinski definition) is 6. The molecule has 1 aliphatic rings. The topological polar surface area (TPSA) is 88.7 Å². The van der Waals surface area contributed by atoms with Gasteiger partial charge in [-0.2, -0.15) is 0 Å². The van der Waals surface area contributed by atoms with Crippen LogP contribution in [0.3, 0.4) is 0 Å². The normalized spacial score (nSPS) is 14.1. The SMILES string of the molecule is CCOc1cc(Nc2ccc(C(=O)N3CCOCC3)cc2OC)nc2[nH]ccc12. The summed E-state index contributed by atoms with van der Waals surface area (Å²) in [4.78, 5) is 22.2. The van der Waals surface area contributed by atoms with Crippen LogP contribution in [0.4, 0.5) is 11.5 Å². The Balaban J connectivity index is 1.60. The van der Waals surface area contributed by atoms with Gasteiger partial charge in [0.15, 0.2) is 0 Å². The number of nitrogens with zero attached hydrogens (tertiary/aromatic N) is 2. The van der Waals surface area contributed by atoms with Crippen LogP contribution in [0.15, 0.2) is 36.5 Å². The Morgan fingerprint density at radius 2 is 2.07 bits per heavy atom. The van der Waals surface area contributed by atoms with Crippen molar-refractivity contribution in [1.82, 2.24) is 14.9 Å². The van der Waals surface area contributed by atoms with Crippen LogP contribution in [0.1, 0.15) is 17.3 Å². The smallest absolute Gasteiger partial charge is 0.254 e. The summed E-state index contributed by atoms with van der Waals surface area (Å²) < 4.78 is 16.6. The second-order valence-electron chi connectivity index (χ2n) is 6.62. The summed E-state index contributed by atoms with van der Waals surface area (Å²) in [5.41, 5.74) is 2.03. The molecule has 0 unspecified atom stereocenters. The van der Waals surface area contributed by atoms with Gasteiger partial charge in [-0.15, -0.1) is 0 Å². The van der Waals surface area contributed by atoms with Gasteiger partial charge < -0.3 is 29.4 Å². The number of aromatic amines is 1. The third-order valence-corrected chi connectivity index (χ3v) is 4.80. The fourth-order valence-corrected chi connectivity index (χ4v) is 3.36. The minimum absolute atomic E-state index is 0.0253. The lowest BCUT2D eigenvalue weighted by Gasteiger charge is -2.27. The van der Waals surface area contributed by atoms with Gasteiger partial charge in [-0.05, 0) is 31.2 Å². The monoisotopic (exact) mass is 396 g/mol. The molecule has 8 nitrogen and oxygen atoms in total. The van der Waals surface area contributed by atoms with Gasteiger partial charge in [-0.1, -0.05) is 0 Å². The Morgan fingerprint density at radius 1 is 1.24 bits per heavy atom. The Labute approximate surface area is 168 Å². The van der Waals surface area contributed by atoms with Crippen LogP contribution in [0.2, 0.25) is 0 Å². The molecule has 2 N–H and O–H groups in total. The minimum Gasteiger partial charge on any atom is -0.495 e. The molecule has 2 aromatic heterocycles. The number of rotatable bonds is 6. The van der Waals surface area contributed by atoms with Gasteiger partial charge >= 0.3 is 0 Å². The Hall–Kier alpha value is -3.26. The summed E-state index contributed by atoms with van der Waals surface area (Å²) >= 11 is 0. The Bertz CT molecular complexity index is 1010. The van der Waals surface area contributed by atoms with Crippen LogP contribution < -0.4 is 14.8 Å². The number of hydrogen-bond donors (Lipinski definition) is 2. The van der Waals surface area contributed by atoms with Crippen molar-refractivity contribution in [3.8, 4) is 11.5 Å². The summed E-state index contributed by atoms with van der Waals surface area (Å²) in [5.74, 6) is 1.91. The van der Waals surface area contributed by atoms with Crippen molar-refractivity contribution in [3.05, 3.63) is 42.1 Å². The predicted octanol–water partition coefficient (Wildman–Crippen LogP) is 3.19. The van der Waals surface area contributed by atoms with E-state index < -0.39 is 0 Å². The maximum absolute atomic E-state index is 12.7. The molecule has 1 aromatic carbocycles. The van der Waals surface area contributed by atoms with Gasteiger partial charge in [0.25, 0.3) is 5.91 Å². The molecule has 0 aliphatic carbocycles. The number of aromatic nitrogens is 2. The van der Waals surface area contributed by atoms with E-state index in [4.69, 9.17) is 14.2 Å². The van der Waals surface area contributed by atoms with E-state index >= 15 is 0 Å². The van der Waals surface area contributed by atoms with Crippen molar-refractivity contribution in [2.75, 3.05) is 45.3 Å². The maximum atomic E-state index is 12.7. The number of carbonyl (C=O) groups is 1. The highest BCUT2D eigenvalue weighted by Gasteiger charge is 2.20. The van der Waals surface area contributed by atoms with Crippen LogP contribution in [0, 0.1) is 0 Å². The summed E-state index contributed by atoms with van der Waals surface area (Å²) in [6.45, 7) is 4.84. The maximum Gasteiger partial charge on any atom is 0.254 e. The van der Waals surface area contributed by atoms with Gasteiger partial charge in [-0.25, -0.2) is 4.98 Å². The molecule has 152 valence electrons. The van der Waals surface area contributed by atoms with E-state index in [0.717, 1.165) is 16.8 Å². The first kappa shape index (κ1) is 19.1.